The molecule has 0 atom stereocenters. The fourth-order valence-electron chi connectivity index (χ4n) is 2.26. The molecule has 3 aromatic rings. The largest absolute Gasteiger partial charge is 0.300 e. The summed E-state index contributed by atoms with van der Waals surface area (Å²) in [4.78, 5) is 19.8. The summed E-state index contributed by atoms with van der Waals surface area (Å²) in [6, 6.07) is 11.8. The van der Waals surface area contributed by atoms with E-state index in [1.54, 1.807) is 30.3 Å². The van der Waals surface area contributed by atoms with Crippen molar-refractivity contribution in [3.63, 3.8) is 0 Å². The summed E-state index contributed by atoms with van der Waals surface area (Å²) >= 11 is 2.53. The molecule has 0 unspecified atom stereocenters. The first-order chi connectivity index (χ1) is 12.4. The Labute approximate surface area is 157 Å². The molecule has 0 amide bonds. The predicted octanol–water partition coefficient (Wildman–Crippen LogP) is 2.31. The van der Waals surface area contributed by atoms with Crippen LogP contribution in [-0.4, -0.2) is 18.4 Å². The van der Waals surface area contributed by atoms with Crippen molar-refractivity contribution in [1.82, 2.24) is 9.97 Å². The summed E-state index contributed by atoms with van der Waals surface area (Å²) < 4.78 is 23.3. The molecule has 3 rings (SSSR count). The SMILES string of the molecule is N#Cc1c(-c2cccs2)nc(SCc2ccccc2S(N)(=O)=O)[nH]c1=O. The number of thioether (sulfide) groups is 1. The summed E-state index contributed by atoms with van der Waals surface area (Å²) in [7, 11) is -3.85. The van der Waals surface area contributed by atoms with Gasteiger partial charge in [-0.15, -0.1) is 11.3 Å². The molecule has 0 saturated carbocycles. The lowest BCUT2D eigenvalue weighted by molar-refractivity contribution is 0.597. The number of hydrogen-bond acceptors (Lipinski definition) is 7. The molecular formula is C16H12N4O3S3. The van der Waals surface area contributed by atoms with Crippen molar-refractivity contribution in [2.45, 2.75) is 15.8 Å². The van der Waals surface area contributed by atoms with Crippen LogP contribution >= 0.6 is 23.1 Å². The molecule has 0 saturated heterocycles. The minimum absolute atomic E-state index is 0.0296. The van der Waals surface area contributed by atoms with Crippen LogP contribution in [0.25, 0.3) is 10.6 Å². The van der Waals surface area contributed by atoms with Crippen LogP contribution in [-0.2, 0) is 15.8 Å². The summed E-state index contributed by atoms with van der Waals surface area (Å²) in [6.45, 7) is 0. The number of nitriles is 1. The summed E-state index contributed by atoms with van der Waals surface area (Å²) in [6.07, 6.45) is 0. The van der Waals surface area contributed by atoms with Gasteiger partial charge in [0, 0.05) is 5.75 Å². The Hall–Kier alpha value is -2.45. The Bertz CT molecular complexity index is 1150. The summed E-state index contributed by atoms with van der Waals surface area (Å²) in [5, 5.41) is 16.6. The van der Waals surface area contributed by atoms with E-state index in [1.165, 1.54) is 17.4 Å². The number of nitrogens with zero attached hydrogens (tertiary/aromatic N) is 2. The Morgan fingerprint density at radius 2 is 2.04 bits per heavy atom. The molecule has 7 nitrogen and oxygen atoms in total. The van der Waals surface area contributed by atoms with Crippen molar-refractivity contribution in [2.75, 3.05) is 0 Å². The van der Waals surface area contributed by atoms with Crippen LogP contribution < -0.4 is 10.7 Å². The predicted molar refractivity (Wildman–Crippen MR) is 100 cm³/mol. The summed E-state index contributed by atoms with van der Waals surface area (Å²) in [5.74, 6) is 0.241. The molecule has 0 aliphatic rings. The number of rotatable bonds is 5. The minimum atomic E-state index is -3.85. The van der Waals surface area contributed by atoms with E-state index in [9.17, 15) is 18.5 Å². The molecule has 132 valence electrons. The highest BCUT2D eigenvalue weighted by atomic mass is 32.2. The first kappa shape index (κ1) is 18.3. The fraction of sp³-hybridized carbons (Fsp3) is 0.0625. The van der Waals surface area contributed by atoms with Gasteiger partial charge >= 0.3 is 0 Å². The van der Waals surface area contributed by atoms with Crippen LogP contribution in [0.3, 0.4) is 0 Å². The Morgan fingerprint density at radius 1 is 1.27 bits per heavy atom. The van der Waals surface area contributed by atoms with Gasteiger partial charge in [-0.2, -0.15) is 5.26 Å². The number of nitrogens with one attached hydrogen (secondary N) is 1. The lowest BCUT2D eigenvalue weighted by atomic mass is 10.2. The number of H-pyrrole nitrogens is 1. The van der Waals surface area contributed by atoms with Crippen molar-refractivity contribution >= 4 is 33.1 Å². The maximum Gasteiger partial charge on any atom is 0.270 e. The van der Waals surface area contributed by atoms with Crippen LogP contribution in [0.1, 0.15) is 11.1 Å². The van der Waals surface area contributed by atoms with Crippen LogP contribution in [0.4, 0.5) is 0 Å². The topological polar surface area (TPSA) is 130 Å². The average molecular weight is 404 g/mol. The van der Waals surface area contributed by atoms with Gasteiger partial charge in [0.1, 0.15) is 17.3 Å². The van der Waals surface area contributed by atoms with Gasteiger partial charge in [-0.1, -0.05) is 36.0 Å². The summed E-state index contributed by atoms with van der Waals surface area (Å²) in [5.41, 5.74) is 0.230. The van der Waals surface area contributed by atoms with E-state index in [1.807, 2.05) is 11.4 Å². The molecule has 1 aromatic carbocycles. The average Bonchev–Trinajstić information content (AvgIpc) is 3.13. The molecule has 2 heterocycles. The second kappa shape index (κ2) is 7.43. The number of nitrogens with two attached hydrogens (primary N) is 1. The van der Waals surface area contributed by atoms with E-state index in [4.69, 9.17) is 5.14 Å². The van der Waals surface area contributed by atoms with Gasteiger partial charge in [0.15, 0.2) is 5.16 Å². The third-order valence-corrected chi connectivity index (χ3v) is 6.22. The first-order valence-electron chi connectivity index (χ1n) is 7.22. The van der Waals surface area contributed by atoms with E-state index in [2.05, 4.69) is 9.97 Å². The number of thiophene rings is 1. The van der Waals surface area contributed by atoms with Crippen molar-refractivity contribution < 1.29 is 8.42 Å². The Balaban J connectivity index is 1.96. The molecule has 3 N–H and O–H groups in total. The van der Waals surface area contributed by atoms with E-state index in [0.717, 1.165) is 11.8 Å². The van der Waals surface area contributed by atoms with Gasteiger partial charge in [-0.25, -0.2) is 18.5 Å². The number of sulfonamides is 1. The molecule has 2 aromatic heterocycles. The van der Waals surface area contributed by atoms with Crippen molar-refractivity contribution in [2.24, 2.45) is 5.14 Å². The third-order valence-electron chi connectivity index (χ3n) is 3.41. The van der Waals surface area contributed by atoms with E-state index < -0.39 is 15.6 Å². The number of aromatic amines is 1. The molecule has 0 radical (unpaired) electrons. The third kappa shape index (κ3) is 3.86. The monoisotopic (exact) mass is 404 g/mol. The molecule has 10 heteroatoms. The Kier molecular flexibility index (Phi) is 5.24. The zero-order chi connectivity index (χ0) is 18.7. The van der Waals surface area contributed by atoms with Gasteiger partial charge in [0.2, 0.25) is 10.0 Å². The minimum Gasteiger partial charge on any atom is -0.300 e. The van der Waals surface area contributed by atoms with Crippen LogP contribution in [0, 0.1) is 11.3 Å². The number of primary sulfonamides is 1. The zero-order valence-corrected chi connectivity index (χ0v) is 15.6. The molecule has 0 fully saturated rings. The quantitative estimate of drug-likeness (QED) is 0.496. The highest BCUT2D eigenvalue weighted by Gasteiger charge is 2.16. The zero-order valence-electron chi connectivity index (χ0n) is 13.2. The maximum atomic E-state index is 12.2. The second-order valence-corrected chi connectivity index (χ2v) is 8.57. The van der Waals surface area contributed by atoms with Crippen molar-refractivity contribution in [3.05, 3.63) is 63.3 Å². The number of aromatic nitrogens is 2. The smallest absolute Gasteiger partial charge is 0.270 e. The van der Waals surface area contributed by atoms with Crippen LogP contribution in [0.5, 0.6) is 0 Å². The molecule has 0 aliphatic heterocycles. The number of benzene rings is 1. The van der Waals surface area contributed by atoms with Crippen LogP contribution in [0.15, 0.2) is 56.6 Å². The van der Waals surface area contributed by atoms with E-state index in [0.29, 0.717) is 21.3 Å². The lowest BCUT2D eigenvalue weighted by Crippen LogP contribution is -2.15. The van der Waals surface area contributed by atoms with Gasteiger partial charge in [0.25, 0.3) is 5.56 Å². The first-order valence-corrected chi connectivity index (χ1v) is 10.6. The highest BCUT2D eigenvalue weighted by Crippen LogP contribution is 2.28. The van der Waals surface area contributed by atoms with Crippen molar-refractivity contribution in [3.8, 4) is 16.6 Å². The molecule has 0 bridgehead atoms. The Morgan fingerprint density at radius 3 is 2.69 bits per heavy atom. The highest BCUT2D eigenvalue weighted by molar-refractivity contribution is 7.98. The maximum absolute atomic E-state index is 12.2. The van der Waals surface area contributed by atoms with E-state index in [-0.39, 0.29) is 16.2 Å². The van der Waals surface area contributed by atoms with Gasteiger partial charge < -0.3 is 4.98 Å². The molecule has 0 spiro atoms. The van der Waals surface area contributed by atoms with Gasteiger partial charge in [0.05, 0.1) is 9.77 Å². The molecule has 0 aliphatic carbocycles. The molecular weight excluding hydrogens is 392 g/mol. The number of hydrogen-bond donors (Lipinski definition) is 2. The fourth-order valence-corrected chi connectivity index (χ4v) is 4.71. The normalized spacial score (nSPS) is 11.2. The second-order valence-electron chi connectivity index (χ2n) is 5.13. The lowest BCUT2D eigenvalue weighted by Gasteiger charge is -2.08. The van der Waals surface area contributed by atoms with E-state index >= 15 is 0 Å². The van der Waals surface area contributed by atoms with Crippen molar-refractivity contribution in [1.29, 1.82) is 5.26 Å². The van der Waals surface area contributed by atoms with Gasteiger partial charge in [-0.05, 0) is 23.1 Å². The molecule has 26 heavy (non-hydrogen) atoms. The van der Waals surface area contributed by atoms with Gasteiger partial charge in [-0.3, -0.25) is 4.79 Å². The standard InChI is InChI=1S/C16H12N4O3S3/c17-8-11-14(12-5-3-7-24-12)19-16(20-15(11)21)25-9-10-4-1-2-6-13(10)26(18,22)23/h1-7H,9H2,(H2,18,22,23)(H,19,20,21). The van der Waals surface area contributed by atoms with Crippen LogP contribution in [0.2, 0.25) is 0 Å².